The average molecular weight is 776 g/mol. The number of phenols is 1. The third-order valence-electron chi connectivity index (χ3n) is 10.5. The minimum absolute atomic E-state index is 0.0328. The van der Waals surface area contributed by atoms with Crippen LogP contribution >= 0.6 is 0 Å². The molecule has 16 nitrogen and oxygen atoms in total. The number of nitrogens with two attached hydrogens (primary N) is 1. The normalized spacial score (nSPS) is 29.4. The molecular formula is C40H41NO15. The molecule has 4 heterocycles. The van der Waals surface area contributed by atoms with Crippen LogP contribution in [0.5, 0.6) is 11.5 Å². The van der Waals surface area contributed by atoms with Gasteiger partial charge in [-0.15, -0.1) is 0 Å². The predicted molar refractivity (Wildman–Crippen MR) is 200 cm³/mol. The number of carboxylic acids is 1. The Morgan fingerprint density at radius 2 is 1.52 bits per heavy atom. The fourth-order valence-electron chi connectivity index (χ4n) is 7.54. The van der Waals surface area contributed by atoms with E-state index in [-0.39, 0.29) is 43.8 Å². The molecule has 16 heteroatoms. The van der Waals surface area contributed by atoms with Gasteiger partial charge < -0.3 is 63.8 Å². The Hall–Kier alpha value is -5.17. The molecule has 4 aromatic carbocycles. The lowest BCUT2D eigenvalue weighted by Gasteiger charge is -2.50. The number of carboxylic acid groups (broad SMARTS) is 1. The maximum absolute atomic E-state index is 13.4. The molecule has 0 aliphatic carbocycles. The molecule has 0 bridgehead atoms. The Morgan fingerprint density at radius 3 is 2.18 bits per heavy atom. The lowest BCUT2D eigenvalue weighted by molar-refractivity contribution is -0.356. The van der Waals surface area contributed by atoms with E-state index in [2.05, 4.69) is 0 Å². The second-order valence-corrected chi connectivity index (χ2v) is 14.2. The fraction of sp³-hybridized carbons (Fsp3) is 0.375. The highest BCUT2D eigenvalue weighted by atomic mass is 16.7. The first-order valence-corrected chi connectivity index (χ1v) is 17.7. The molecule has 0 saturated carbocycles. The molecule has 0 amide bonds. The quantitative estimate of drug-likeness (QED) is 0.0808. The second-order valence-electron chi connectivity index (χ2n) is 14.2. The van der Waals surface area contributed by atoms with E-state index in [0.29, 0.717) is 16.5 Å². The number of aryl methyl sites for hydroxylation is 1. The molecule has 2 aromatic heterocycles. The first-order chi connectivity index (χ1) is 26.6. The number of hydrogen-bond acceptors (Lipinski definition) is 15. The second kappa shape index (κ2) is 14.7. The number of benzene rings is 4. The molecule has 296 valence electrons. The van der Waals surface area contributed by atoms with E-state index in [0.717, 1.165) is 0 Å². The average Bonchev–Trinajstić information content (AvgIpc) is 3.16. The van der Waals surface area contributed by atoms with Crippen molar-refractivity contribution in [1.82, 2.24) is 0 Å². The summed E-state index contributed by atoms with van der Waals surface area (Å²) in [5, 5.41) is 53.7. The molecule has 0 unspecified atom stereocenters. The number of rotatable bonds is 6. The Labute approximate surface area is 317 Å². The van der Waals surface area contributed by atoms with Gasteiger partial charge in [-0.3, -0.25) is 0 Å². The zero-order valence-corrected chi connectivity index (χ0v) is 30.9. The van der Waals surface area contributed by atoms with Crippen molar-refractivity contribution in [3.63, 3.8) is 0 Å². The van der Waals surface area contributed by atoms with Crippen LogP contribution in [0.2, 0.25) is 0 Å². The van der Waals surface area contributed by atoms with Gasteiger partial charge in [-0.05, 0) is 57.5 Å². The molecule has 2 saturated heterocycles. The lowest BCUT2D eigenvalue weighted by atomic mass is 9.86. The number of aliphatic hydroxyl groups is 3. The van der Waals surface area contributed by atoms with Gasteiger partial charge in [0, 0.05) is 23.3 Å². The van der Waals surface area contributed by atoms with Crippen LogP contribution in [0.4, 0.5) is 0 Å². The molecule has 0 spiro atoms. The van der Waals surface area contributed by atoms with Gasteiger partial charge in [0.05, 0.1) is 34.6 Å². The van der Waals surface area contributed by atoms with Crippen LogP contribution in [0.3, 0.4) is 0 Å². The maximum Gasteiger partial charge on any atom is 0.348 e. The van der Waals surface area contributed by atoms with E-state index in [4.69, 9.17) is 43.4 Å². The summed E-state index contributed by atoms with van der Waals surface area (Å²) in [7, 11) is 1.39. The van der Waals surface area contributed by atoms with Gasteiger partial charge in [-0.25, -0.2) is 14.4 Å². The Kier molecular flexibility index (Phi) is 10.3. The largest absolute Gasteiger partial charge is 0.506 e. The summed E-state index contributed by atoms with van der Waals surface area (Å²) < 4.78 is 41.2. The van der Waals surface area contributed by atoms with E-state index in [9.17, 15) is 34.8 Å². The van der Waals surface area contributed by atoms with E-state index in [1.54, 1.807) is 62.4 Å². The minimum atomic E-state index is -1.99. The summed E-state index contributed by atoms with van der Waals surface area (Å²) in [6, 6.07) is 15.1. The third-order valence-corrected chi connectivity index (χ3v) is 10.5. The molecule has 0 radical (unpaired) electrons. The van der Waals surface area contributed by atoms with E-state index in [1.165, 1.54) is 33.1 Å². The van der Waals surface area contributed by atoms with Crippen molar-refractivity contribution in [2.45, 2.75) is 88.5 Å². The molecule has 56 heavy (non-hydrogen) atoms. The number of aromatic carboxylic acids is 1. The van der Waals surface area contributed by atoms with E-state index < -0.39 is 83.8 Å². The van der Waals surface area contributed by atoms with Crippen molar-refractivity contribution in [2.75, 3.05) is 7.11 Å². The van der Waals surface area contributed by atoms with Gasteiger partial charge in [-0.1, -0.05) is 36.4 Å². The van der Waals surface area contributed by atoms with Gasteiger partial charge in [0.1, 0.15) is 46.4 Å². The first kappa shape index (κ1) is 39.1. The van der Waals surface area contributed by atoms with Crippen molar-refractivity contribution < 1.29 is 62.8 Å². The van der Waals surface area contributed by atoms with Gasteiger partial charge >= 0.3 is 17.2 Å². The number of fused-ring (bicyclic) bond motifs is 2. The molecule has 2 fully saturated rings. The molecule has 2 aliphatic rings. The van der Waals surface area contributed by atoms with Crippen LogP contribution in [-0.2, 0) is 18.9 Å². The summed E-state index contributed by atoms with van der Waals surface area (Å²) in [5.41, 5.74) is 3.85. The highest BCUT2D eigenvalue weighted by molar-refractivity contribution is 6.28. The van der Waals surface area contributed by atoms with Crippen LogP contribution < -0.4 is 21.7 Å². The number of aliphatic hydroxyl groups excluding tert-OH is 2. The minimum Gasteiger partial charge on any atom is -0.506 e. The van der Waals surface area contributed by atoms with Crippen molar-refractivity contribution >= 4 is 49.5 Å². The van der Waals surface area contributed by atoms with Gasteiger partial charge in [0.25, 0.3) is 0 Å². The molecule has 7 N–H and O–H groups in total. The van der Waals surface area contributed by atoms with Crippen LogP contribution in [0.15, 0.2) is 79.1 Å². The zero-order chi connectivity index (χ0) is 40.4. The molecule has 8 rings (SSSR count). The Morgan fingerprint density at radius 1 is 0.839 bits per heavy atom. The highest BCUT2D eigenvalue weighted by Gasteiger charge is 2.56. The first-order valence-electron chi connectivity index (χ1n) is 17.7. The SMILES string of the molecule is CO[C@@H]1[C@@H](N)[C@@H](O[C@H]2[C@H](Oc3cccc4c(O)c5c(=O)oc6ccc(C)c7c(=O)oc(c34)c5c67)O[C@H](C)[C@H](O)[C@]2(C)O)O[C@H](C)[C@@H]1O.O=C(O)c1ccccc1. The van der Waals surface area contributed by atoms with E-state index >= 15 is 0 Å². The van der Waals surface area contributed by atoms with Crippen LogP contribution in [-0.4, -0.2) is 99.5 Å². The van der Waals surface area contributed by atoms with E-state index in [1.807, 2.05) is 0 Å². The molecule has 10 atom stereocenters. The smallest absolute Gasteiger partial charge is 0.348 e. The summed E-state index contributed by atoms with van der Waals surface area (Å²) in [6.07, 6.45) is -9.22. The number of ether oxygens (including phenoxy) is 5. The summed E-state index contributed by atoms with van der Waals surface area (Å²) >= 11 is 0. The summed E-state index contributed by atoms with van der Waals surface area (Å²) in [5.74, 6) is -1.26. The number of carbonyl (C=O) groups is 1. The highest BCUT2D eigenvalue weighted by Crippen LogP contribution is 2.46. The number of hydrogen-bond donors (Lipinski definition) is 6. The fourth-order valence-corrected chi connectivity index (χ4v) is 7.54. The molecular weight excluding hydrogens is 734 g/mol. The van der Waals surface area contributed by atoms with Crippen LogP contribution in [0.1, 0.15) is 36.7 Å². The zero-order valence-electron chi connectivity index (χ0n) is 30.9. The summed E-state index contributed by atoms with van der Waals surface area (Å²) in [4.78, 5) is 36.8. The molecule has 6 aromatic rings. The maximum atomic E-state index is 13.4. The van der Waals surface area contributed by atoms with Crippen molar-refractivity contribution in [2.24, 2.45) is 5.73 Å². The van der Waals surface area contributed by atoms with Crippen molar-refractivity contribution in [3.8, 4) is 11.5 Å². The van der Waals surface area contributed by atoms with Gasteiger partial charge in [0.2, 0.25) is 6.29 Å². The summed E-state index contributed by atoms with van der Waals surface area (Å²) in [6.45, 7) is 6.21. The van der Waals surface area contributed by atoms with Gasteiger partial charge in [-0.2, -0.15) is 0 Å². The number of methoxy groups -OCH3 is 1. The van der Waals surface area contributed by atoms with Gasteiger partial charge in [0.15, 0.2) is 18.0 Å². The Bertz CT molecular complexity index is 2530. The lowest BCUT2D eigenvalue weighted by Crippen LogP contribution is -2.69. The van der Waals surface area contributed by atoms with Crippen LogP contribution in [0.25, 0.3) is 43.5 Å². The van der Waals surface area contributed by atoms with Crippen LogP contribution in [0, 0.1) is 6.92 Å². The topological polar surface area (TPSA) is 251 Å². The standard InChI is InChI=1S/C33H35NO13.C7H6O2/c1-11-9-10-16-19-17(11)29(38)46-25-18-14(24(36)21(20(19)25)30(39)44-16)7-6-8-15(18)45-32-28(33(4,40)27(37)13(3)43-32)47-31-22(34)26(41-5)23(35)12(2)42-31;8-7(9)6-4-2-1-3-5-6/h6-10,12-13,22-23,26-28,31-32,35-37,40H,34H2,1-5H3;1-5H,(H,8,9)/t12-,13-,22-,23+,26-,27+,28+,31-,32+,33+;/m1./s1. The third kappa shape index (κ3) is 6.43. The number of phenolic OH excluding ortho intramolecular Hbond substituents is 1. The van der Waals surface area contributed by atoms with Crippen molar-refractivity contribution in [1.29, 1.82) is 0 Å². The predicted octanol–water partition coefficient (Wildman–Crippen LogP) is 3.11. The van der Waals surface area contributed by atoms with Crippen molar-refractivity contribution in [3.05, 3.63) is 92.6 Å². The monoisotopic (exact) mass is 775 g/mol. The Balaban J connectivity index is 0.000000471. The number of aromatic hydroxyl groups is 1. The molecule has 2 aliphatic heterocycles.